The van der Waals surface area contributed by atoms with Gasteiger partial charge in [-0.3, -0.25) is 9.88 Å². The topological polar surface area (TPSA) is 45.6 Å². The summed E-state index contributed by atoms with van der Waals surface area (Å²) in [6, 6.07) is 4.69. The van der Waals surface area contributed by atoms with E-state index in [9.17, 15) is 5.11 Å². The first kappa shape index (κ1) is 14.4. The Morgan fingerprint density at radius 1 is 1.37 bits per heavy atom. The number of hydrogen-bond acceptors (Lipinski definition) is 4. The molecule has 0 spiro atoms. The zero-order valence-corrected chi connectivity index (χ0v) is 11.8. The van der Waals surface area contributed by atoms with Crippen LogP contribution in [0.3, 0.4) is 0 Å². The Labute approximate surface area is 115 Å². The van der Waals surface area contributed by atoms with Crippen LogP contribution in [0, 0.1) is 0 Å². The van der Waals surface area contributed by atoms with Gasteiger partial charge in [0.2, 0.25) is 0 Å². The van der Waals surface area contributed by atoms with Gasteiger partial charge < -0.3 is 9.84 Å². The molecule has 1 fully saturated rings. The number of ether oxygens (including phenoxy) is 1. The number of aliphatic hydroxyl groups excluding tert-OH is 1. The molecular formula is C15H24N2O2. The van der Waals surface area contributed by atoms with Crippen molar-refractivity contribution in [1.29, 1.82) is 0 Å². The number of aliphatic hydroxyl groups is 1. The summed E-state index contributed by atoms with van der Waals surface area (Å²) in [5.41, 5.74) is 1.25. The number of aromatic nitrogens is 1. The van der Waals surface area contributed by atoms with E-state index in [1.165, 1.54) is 18.4 Å². The molecule has 2 rings (SSSR count). The van der Waals surface area contributed by atoms with Crippen LogP contribution in [0.1, 0.15) is 32.3 Å². The van der Waals surface area contributed by atoms with Crippen LogP contribution >= 0.6 is 0 Å². The zero-order valence-electron chi connectivity index (χ0n) is 11.8. The molecule has 4 heteroatoms. The van der Waals surface area contributed by atoms with Crippen LogP contribution < -0.4 is 0 Å². The summed E-state index contributed by atoms with van der Waals surface area (Å²) in [4.78, 5) is 6.39. The van der Waals surface area contributed by atoms with Crippen molar-refractivity contribution in [3.63, 3.8) is 0 Å². The van der Waals surface area contributed by atoms with Crippen molar-refractivity contribution in [3.8, 4) is 0 Å². The molecule has 1 aromatic rings. The lowest BCUT2D eigenvalue weighted by Crippen LogP contribution is -2.36. The molecule has 1 aromatic heterocycles. The van der Waals surface area contributed by atoms with Crippen LogP contribution in [0.15, 0.2) is 24.5 Å². The molecule has 1 aliphatic rings. The van der Waals surface area contributed by atoms with Crippen LogP contribution in [0.25, 0.3) is 0 Å². The van der Waals surface area contributed by atoms with Gasteiger partial charge in [-0.25, -0.2) is 0 Å². The minimum atomic E-state index is -0.412. The van der Waals surface area contributed by atoms with Crippen molar-refractivity contribution in [1.82, 2.24) is 9.88 Å². The van der Waals surface area contributed by atoms with E-state index in [-0.39, 0.29) is 6.10 Å². The molecule has 0 aromatic carbocycles. The van der Waals surface area contributed by atoms with Gasteiger partial charge in [0.25, 0.3) is 0 Å². The average Bonchev–Trinajstić information content (AvgIpc) is 3.21. The van der Waals surface area contributed by atoms with E-state index in [1.807, 2.05) is 38.4 Å². The van der Waals surface area contributed by atoms with Crippen molar-refractivity contribution in [2.24, 2.45) is 0 Å². The van der Waals surface area contributed by atoms with Gasteiger partial charge in [-0.05, 0) is 44.4 Å². The summed E-state index contributed by atoms with van der Waals surface area (Å²) < 4.78 is 5.47. The van der Waals surface area contributed by atoms with E-state index in [0.717, 1.165) is 6.54 Å². The fraction of sp³-hybridized carbons (Fsp3) is 0.667. The van der Waals surface area contributed by atoms with Gasteiger partial charge >= 0.3 is 0 Å². The average molecular weight is 264 g/mol. The lowest BCUT2D eigenvalue weighted by atomic mass is 10.2. The van der Waals surface area contributed by atoms with Crippen LogP contribution in [0.2, 0.25) is 0 Å². The highest BCUT2D eigenvalue weighted by molar-refractivity contribution is 5.10. The smallest absolute Gasteiger partial charge is 0.0900 e. The highest BCUT2D eigenvalue weighted by Gasteiger charge is 2.30. The third-order valence-corrected chi connectivity index (χ3v) is 3.27. The van der Waals surface area contributed by atoms with Gasteiger partial charge in [-0.2, -0.15) is 0 Å². The van der Waals surface area contributed by atoms with Crippen LogP contribution in [0.5, 0.6) is 0 Å². The van der Waals surface area contributed by atoms with E-state index in [1.54, 1.807) is 0 Å². The Kier molecular flexibility index (Phi) is 5.31. The third kappa shape index (κ3) is 5.27. The summed E-state index contributed by atoms with van der Waals surface area (Å²) >= 11 is 0. The highest BCUT2D eigenvalue weighted by Crippen LogP contribution is 2.28. The number of hydrogen-bond donors (Lipinski definition) is 1. The second-order valence-corrected chi connectivity index (χ2v) is 5.55. The van der Waals surface area contributed by atoms with Crippen LogP contribution in [-0.2, 0) is 11.3 Å². The Morgan fingerprint density at radius 3 is 2.63 bits per heavy atom. The molecule has 19 heavy (non-hydrogen) atoms. The maximum Gasteiger partial charge on any atom is 0.0900 e. The number of nitrogens with zero attached hydrogens (tertiary/aromatic N) is 2. The Balaban J connectivity index is 1.83. The van der Waals surface area contributed by atoms with Crippen molar-refractivity contribution < 1.29 is 9.84 Å². The molecule has 4 nitrogen and oxygen atoms in total. The lowest BCUT2D eigenvalue weighted by Gasteiger charge is -2.25. The molecule has 0 amide bonds. The quantitative estimate of drug-likeness (QED) is 0.778. The van der Waals surface area contributed by atoms with Crippen molar-refractivity contribution in [2.75, 3.05) is 13.2 Å². The van der Waals surface area contributed by atoms with Crippen molar-refractivity contribution in [3.05, 3.63) is 30.1 Å². The molecule has 1 unspecified atom stereocenters. The summed E-state index contributed by atoms with van der Waals surface area (Å²) in [7, 11) is 0. The van der Waals surface area contributed by atoms with Gasteiger partial charge in [-0.15, -0.1) is 0 Å². The standard InChI is InChI=1S/C15H24N2O2/c1-12(2)19-11-15(18)10-17(14-3-4-14)9-13-5-7-16-8-6-13/h5-8,12,14-15,18H,3-4,9-11H2,1-2H3. The third-order valence-electron chi connectivity index (χ3n) is 3.27. The second kappa shape index (κ2) is 6.98. The van der Waals surface area contributed by atoms with E-state index >= 15 is 0 Å². The molecule has 0 aliphatic heterocycles. The molecular weight excluding hydrogens is 240 g/mol. The maximum absolute atomic E-state index is 10.0. The zero-order chi connectivity index (χ0) is 13.7. The van der Waals surface area contributed by atoms with Gasteiger partial charge in [0.05, 0.1) is 18.8 Å². The summed E-state index contributed by atoms with van der Waals surface area (Å²) in [6.07, 6.45) is 5.87. The molecule has 106 valence electrons. The minimum absolute atomic E-state index is 0.171. The molecule has 1 N–H and O–H groups in total. The van der Waals surface area contributed by atoms with Gasteiger partial charge in [-0.1, -0.05) is 0 Å². The normalized spacial score (nSPS) is 17.1. The fourth-order valence-corrected chi connectivity index (χ4v) is 2.13. The predicted octanol–water partition coefficient (Wildman–Crippen LogP) is 1.83. The predicted molar refractivity (Wildman–Crippen MR) is 74.8 cm³/mol. The highest BCUT2D eigenvalue weighted by atomic mass is 16.5. The van der Waals surface area contributed by atoms with Gasteiger partial charge in [0, 0.05) is 31.5 Å². The Morgan fingerprint density at radius 2 is 2.05 bits per heavy atom. The van der Waals surface area contributed by atoms with E-state index in [4.69, 9.17) is 4.74 Å². The summed E-state index contributed by atoms with van der Waals surface area (Å²) in [5.74, 6) is 0. The minimum Gasteiger partial charge on any atom is -0.389 e. The SMILES string of the molecule is CC(C)OCC(O)CN(Cc1ccncc1)C1CC1. The van der Waals surface area contributed by atoms with Crippen LogP contribution in [0.4, 0.5) is 0 Å². The Bertz CT molecular complexity index is 366. The van der Waals surface area contributed by atoms with E-state index in [0.29, 0.717) is 19.2 Å². The first-order valence-corrected chi connectivity index (χ1v) is 7.07. The fourth-order valence-electron chi connectivity index (χ4n) is 2.13. The van der Waals surface area contributed by atoms with E-state index < -0.39 is 6.10 Å². The molecule has 1 saturated carbocycles. The first-order chi connectivity index (χ1) is 9.15. The molecule has 1 aliphatic carbocycles. The van der Waals surface area contributed by atoms with Crippen LogP contribution in [-0.4, -0.2) is 46.4 Å². The van der Waals surface area contributed by atoms with Crippen molar-refractivity contribution >= 4 is 0 Å². The van der Waals surface area contributed by atoms with E-state index in [2.05, 4.69) is 9.88 Å². The number of rotatable bonds is 8. The molecule has 0 bridgehead atoms. The number of pyridine rings is 1. The molecule has 0 radical (unpaired) electrons. The summed E-state index contributed by atoms with van der Waals surface area (Å²) in [6.45, 7) is 5.95. The summed E-state index contributed by atoms with van der Waals surface area (Å²) in [5, 5.41) is 10.0. The van der Waals surface area contributed by atoms with Gasteiger partial charge in [0.1, 0.15) is 0 Å². The van der Waals surface area contributed by atoms with Crippen molar-refractivity contribution in [2.45, 2.75) is 51.5 Å². The maximum atomic E-state index is 10.0. The molecule has 0 saturated heterocycles. The largest absolute Gasteiger partial charge is 0.389 e. The Hall–Kier alpha value is -0.970. The first-order valence-electron chi connectivity index (χ1n) is 7.07. The lowest BCUT2D eigenvalue weighted by molar-refractivity contribution is -0.0107. The molecule has 1 atom stereocenters. The molecule has 1 heterocycles. The monoisotopic (exact) mass is 264 g/mol. The van der Waals surface area contributed by atoms with Gasteiger partial charge in [0.15, 0.2) is 0 Å². The second-order valence-electron chi connectivity index (χ2n) is 5.55.